The zero-order valence-electron chi connectivity index (χ0n) is 20.2. The number of para-hydroxylation sites is 1. The highest BCUT2D eigenvalue weighted by Crippen LogP contribution is 2.49. The predicted octanol–water partition coefficient (Wildman–Crippen LogP) is 5.25. The van der Waals surface area contributed by atoms with Crippen molar-refractivity contribution in [3.63, 3.8) is 0 Å². The fourth-order valence-corrected chi connectivity index (χ4v) is 5.52. The van der Waals surface area contributed by atoms with Gasteiger partial charge in [0.25, 0.3) is 0 Å². The molecule has 0 saturated heterocycles. The van der Waals surface area contributed by atoms with Gasteiger partial charge in [0.1, 0.15) is 6.54 Å². The molecule has 0 fully saturated rings. The molecular formula is C27H27ClN2O5S. The van der Waals surface area contributed by atoms with E-state index in [1.165, 1.54) is 0 Å². The van der Waals surface area contributed by atoms with Crippen LogP contribution < -0.4 is 24.4 Å². The molecule has 3 aromatic carbocycles. The van der Waals surface area contributed by atoms with Crippen LogP contribution in [0.4, 0.5) is 5.69 Å². The summed E-state index contributed by atoms with van der Waals surface area (Å²) in [6.07, 6.45) is 0.190. The minimum absolute atomic E-state index is 0.0944. The number of ether oxygens (including phenoxy) is 3. The van der Waals surface area contributed by atoms with Crippen molar-refractivity contribution in [1.29, 1.82) is 0 Å². The molecule has 36 heavy (non-hydrogen) atoms. The van der Waals surface area contributed by atoms with E-state index in [1.807, 2.05) is 54.6 Å². The number of hydrogen-bond acceptors (Lipinski definition) is 6. The zero-order chi connectivity index (χ0) is 25.7. The van der Waals surface area contributed by atoms with Crippen molar-refractivity contribution in [2.45, 2.75) is 23.1 Å². The number of methoxy groups -OCH3 is 3. The van der Waals surface area contributed by atoms with Crippen LogP contribution in [0.2, 0.25) is 5.02 Å². The van der Waals surface area contributed by atoms with Crippen LogP contribution in [-0.4, -0.2) is 39.7 Å². The number of halogens is 1. The lowest BCUT2D eigenvalue weighted by Crippen LogP contribution is -2.40. The van der Waals surface area contributed by atoms with E-state index in [-0.39, 0.29) is 36.6 Å². The smallest absolute Gasteiger partial charge is 0.240 e. The summed E-state index contributed by atoms with van der Waals surface area (Å²) in [5.74, 6) is 1.11. The molecule has 0 aliphatic carbocycles. The van der Waals surface area contributed by atoms with Crippen molar-refractivity contribution in [2.24, 2.45) is 0 Å². The van der Waals surface area contributed by atoms with Crippen molar-refractivity contribution in [3.8, 4) is 17.2 Å². The molecule has 0 spiro atoms. The highest BCUT2D eigenvalue weighted by Gasteiger charge is 2.31. The van der Waals surface area contributed by atoms with Crippen LogP contribution >= 0.6 is 23.4 Å². The number of hydrogen-bond donors (Lipinski definition) is 1. The van der Waals surface area contributed by atoms with E-state index in [2.05, 4.69) is 5.32 Å². The van der Waals surface area contributed by atoms with Crippen molar-refractivity contribution < 1.29 is 23.8 Å². The molecule has 0 bridgehead atoms. The first-order valence-electron chi connectivity index (χ1n) is 11.3. The highest BCUT2D eigenvalue weighted by molar-refractivity contribution is 7.99. The highest BCUT2D eigenvalue weighted by atomic mass is 35.5. The Balaban J connectivity index is 1.58. The Morgan fingerprint density at radius 1 is 1.03 bits per heavy atom. The number of carbonyl (C=O) groups excluding carboxylic acids is 2. The number of nitrogens with zero attached hydrogens (tertiary/aromatic N) is 1. The van der Waals surface area contributed by atoms with E-state index in [1.54, 1.807) is 44.1 Å². The van der Waals surface area contributed by atoms with Gasteiger partial charge in [0.15, 0.2) is 11.5 Å². The first kappa shape index (κ1) is 25.7. The maximum atomic E-state index is 13.5. The number of fused-ring (bicyclic) bond motifs is 1. The SMILES string of the molecule is COc1cc([C@@H]2CC(=O)N(CC(=O)NCc3ccccc3Cl)c3ccccc3S2)cc(OC)c1OC. The van der Waals surface area contributed by atoms with E-state index < -0.39 is 0 Å². The van der Waals surface area contributed by atoms with E-state index in [4.69, 9.17) is 25.8 Å². The lowest BCUT2D eigenvalue weighted by molar-refractivity contribution is -0.124. The third-order valence-corrected chi connectivity index (χ3v) is 7.57. The molecule has 188 valence electrons. The number of anilines is 1. The molecule has 1 aliphatic heterocycles. The van der Waals surface area contributed by atoms with Gasteiger partial charge in [-0.3, -0.25) is 9.59 Å². The summed E-state index contributed by atoms with van der Waals surface area (Å²) < 4.78 is 16.5. The van der Waals surface area contributed by atoms with Crippen LogP contribution in [0.15, 0.2) is 65.6 Å². The normalized spacial score (nSPS) is 15.1. The topological polar surface area (TPSA) is 77.1 Å². The van der Waals surface area contributed by atoms with Crippen LogP contribution in [0.25, 0.3) is 0 Å². The molecule has 3 aromatic rings. The van der Waals surface area contributed by atoms with Crippen LogP contribution in [0.5, 0.6) is 17.2 Å². The second-order valence-electron chi connectivity index (χ2n) is 8.09. The minimum Gasteiger partial charge on any atom is -0.493 e. The molecule has 0 saturated carbocycles. The summed E-state index contributed by atoms with van der Waals surface area (Å²) in [5, 5.41) is 3.24. The van der Waals surface area contributed by atoms with E-state index in [0.29, 0.717) is 28.0 Å². The summed E-state index contributed by atoms with van der Waals surface area (Å²) in [6, 6.07) is 18.7. The Bertz CT molecular complexity index is 1240. The van der Waals surface area contributed by atoms with Gasteiger partial charge in [-0.15, -0.1) is 11.8 Å². The number of carbonyl (C=O) groups is 2. The quantitative estimate of drug-likeness (QED) is 0.432. The van der Waals surface area contributed by atoms with Gasteiger partial charge in [-0.2, -0.15) is 0 Å². The lowest BCUT2D eigenvalue weighted by atomic mass is 10.1. The zero-order valence-corrected chi connectivity index (χ0v) is 21.8. The van der Waals surface area contributed by atoms with Gasteiger partial charge in [0, 0.05) is 28.1 Å². The Morgan fingerprint density at radius 2 is 1.69 bits per heavy atom. The van der Waals surface area contributed by atoms with Crippen LogP contribution in [0.3, 0.4) is 0 Å². The van der Waals surface area contributed by atoms with E-state index >= 15 is 0 Å². The molecule has 0 aromatic heterocycles. The third-order valence-electron chi connectivity index (χ3n) is 5.88. The maximum Gasteiger partial charge on any atom is 0.240 e. The van der Waals surface area contributed by atoms with Crippen LogP contribution in [0.1, 0.15) is 22.8 Å². The number of nitrogens with one attached hydrogen (secondary N) is 1. The Morgan fingerprint density at radius 3 is 2.36 bits per heavy atom. The standard InChI is InChI=1S/C27H27ClN2O5S/c1-33-21-12-18(13-22(34-2)27(21)35-3)24-14-26(32)30(20-10-6-7-11-23(20)36-24)16-25(31)29-15-17-8-4-5-9-19(17)28/h4-13,24H,14-16H2,1-3H3,(H,29,31)/t24-/m0/s1. The largest absolute Gasteiger partial charge is 0.493 e. The monoisotopic (exact) mass is 526 g/mol. The third kappa shape index (κ3) is 5.55. The summed E-state index contributed by atoms with van der Waals surface area (Å²) in [4.78, 5) is 28.8. The average Bonchev–Trinajstić information content (AvgIpc) is 3.03. The van der Waals surface area contributed by atoms with Crippen molar-refractivity contribution in [3.05, 3.63) is 76.8 Å². The van der Waals surface area contributed by atoms with Gasteiger partial charge in [-0.05, 0) is 41.5 Å². The minimum atomic E-state index is -0.269. The molecule has 7 nitrogen and oxygen atoms in total. The first-order valence-corrected chi connectivity index (χ1v) is 12.6. The maximum absolute atomic E-state index is 13.5. The van der Waals surface area contributed by atoms with Crippen molar-refractivity contribution in [2.75, 3.05) is 32.8 Å². The molecule has 1 heterocycles. The van der Waals surface area contributed by atoms with E-state index in [0.717, 1.165) is 16.0 Å². The molecule has 1 aliphatic rings. The molecule has 4 rings (SSSR count). The Labute approximate surface area is 219 Å². The number of benzene rings is 3. The van der Waals surface area contributed by atoms with Gasteiger partial charge in [-0.1, -0.05) is 41.9 Å². The number of amides is 2. The van der Waals surface area contributed by atoms with E-state index in [9.17, 15) is 9.59 Å². The second kappa shape index (κ2) is 11.6. The van der Waals surface area contributed by atoms with Gasteiger partial charge >= 0.3 is 0 Å². The predicted molar refractivity (Wildman–Crippen MR) is 141 cm³/mol. The van der Waals surface area contributed by atoms with Crippen molar-refractivity contribution >= 4 is 40.9 Å². The van der Waals surface area contributed by atoms with Gasteiger partial charge in [-0.25, -0.2) is 0 Å². The Hall–Kier alpha value is -3.36. The first-order chi connectivity index (χ1) is 17.4. The summed E-state index contributed by atoms with van der Waals surface area (Å²) >= 11 is 7.77. The molecule has 0 unspecified atom stereocenters. The molecule has 1 N–H and O–H groups in total. The second-order valence-corrected chi connectivity index (χ2v) is 9.74. The fraction of sp³-hybridized carbons (Fsp3) is 0.259. The summed E-state index contributed by atoms with van der Waals surface area (Å²) in [7, 11) is 4.67. The lowest BCUT2D eigenvalue weighted by Gasteiger charge is -2.22. The van der Waals surface area contributed by atoms with Gasteiger partial charge in [0.2, 0.25) is 17.6 Å². The van der Waals surface area contributed by atoms with Crippen LogP contribution in [-0.2, 0) is 16.1 Å². The Kier molecular flexibility index (Phi) is 8.28. The molecule has 2 amide bonds. The summed E-state index contributed by atoms with van der Waals surface area (Å²) in [6.45, 7) is 0.188. The van der Waals surface area contributed by atoms with Crippen molar-refractivity contribution in [1.82, 2.24) is 5.32 Å². The number of thioether (sulfide) groups is 1. The van der Waals surface area contributed by atoms with Gasteiger partial charge in [0.05, 0.1) is 27.0 Å². The molecular weight excluding hydrogens is 500 g/mol. The number of rotatable bonds is 8. The fourth-order valence-electron chi connectivity index (χ4n) is 4.06. The van der Waals surface area contributed by atoms with Gasteiger partial charge < -0.3 is 24.4 Å². The summed E-state index contributed by atoms with van der Waals surface area (Å²) in [5.41, 5.74) is 2.38. The molecule has 0 radical (unpaired) electrons. The van der Waals surface area contributed by atoms with Crippen LogP contribution in [0, 0.1) is 0 Å². The molecule has 1 atom stereocenters. The average molecular weight is 527 g/mol. The molecule has 9 heteroatoms.